The quantitative estimate of drug-likeness (QED) is 0.336. The van der Waals surface area contributed by atoms with Gasteiger partial charge in [0.15, 0.2) is 0 Å². The molecule has 29 heavy (non-hydrogen) atoms. The fraction of sp³-hybridized carbons (Fsp3) is 0.0800. The second-order valence-electron chi connectivity index (χ2n) is 6.96. The van der Waals surface area contributed by atoms with E-state index in [-0.39, 0.29) is 5.63 Å². The van der Waals surface area contributed by atoms with Crippen LogP contribution in [0.15, 0.2) is 88.1 Å². The van der Waals surface area contributed by atoms with Crippen LogP contribution in [0.1, 0.15) is 6.92 Å². The zero-order valence-electron chi connectivity index (χ0n) is 15.9. The first-order valence-electron chi connectivity index (χ1n) is 9.58. The van der Waals surface area contributed by atoms with E-state index >= 15 is 0 Å². The first-order chi connectivity index (χ1) is 14.2. The lowest BCUT2D eigenvalue weighted by molar-refractivity contribution is 0.532. The van der Waals surface area contributed by atoms with Gasteiger partial charge in [0.1, 0.15) is 0 Å². The number of aryl methyl sites for hydroxylation is 1. The molecule has 0 saturated carbocycles. The molecule has 4 heteroatoms. The van der Waals surface area contributed by atoms with Crippen molar-refractivity contribution in [3.63, 3.8) is 0 Å². The van der Waals surface area contributed by atoms with Crippen molar-refractivity contribution >= 4 is 33.6 Å². The fourth-order valence-electron chi connectivity index (χ4n) is 4.09. The first-order valence-corrected chi connectivity index (χ1v) is 9.96. The first kappa shape index (κ1) is 17.8. The number of hydrogen-bond acceptors (Lipinski definition) is 2. The highest BCUT2D eigenvalue weighted by Gasteiger charge is 2.23. The summed E-state index contributed by atoms with van der Waals surface area (Å²) in [6, 6.07) is 25.5. The van der Waals surface area contributed by atoms with Crippen LogP contribution in [0, 0.1) is 0 Å². The van der Waals surface area contributed by atoms with E-state index in [0.29, 0.717) is 22.8 Å². The van der Waals surface area contributed by atoms with Crippen LogP contribution in [0.5, 0.6) is 0 Å². The number of nitrogens with zero attached hydrogens (tertiary/aromatic N) is 1. The largest absolute Gasteiger partial charge is 0.405 e. The van der Waals surface area contributed by atoms with Gasteiger partial charge in [0.2, 0.25) is 5.71 Å². The molecule has 142 valence electrons. The molecule has 0 aliphatic heterocycles. The molecular formula is C25H18ClNO2. The molecule has 0 atom stereocenters. The lowest BCUT2D eigenvalue weighted by Gasteiger charge is -2.11. The van der Waals surface area contributed by atoms with E-state index in [9.17, 15) is 4.79 Å². The van der Waals surface area contributed by atoms with Gasteiger partial charge in [0, 0.05) is 22.5 Å². The van der Waals surface area contributed by atoms with Crippen molar-refractivity contribution in [2.45, 2.75) is 13.5 Å². The summed E-state index contributed by atoms with van der Waals surface area (Å²) in [7, 11) is 0. The van der Waals surface area contributed by atoms with Gasteiger partial charge in [-0.25, -0.2) is 4.79 Å². The normalized spacial score (nSPS) is 11.4. The minimum atomic E-state index is -0.342. The molecule has 0 aliphatic rings. The van der Waals surface area contributed by atoms with Gasteiger partial charge in [-0.2, -0.15) is 0 Å². The van der Waals surface area contributed by atoms with Crippen molar-refractivity contribution in [2.75, 3.05) is 0 Å². The summed E-state index contributed by atoms with van der Waals surface area (Å²) in [5.41, 5.74) is 4.49. The van der Waals surface area contributed by atoms with Crippen LogP contribution in [0.4, 0.5) is 0 Å². The summed E-state index contributed by atoms with van der Waals surface area (Å²) in [6.45, 7) is 2.70. The lowest BCUT2D eigenvalue weighted by Crippen LogP contribution is -2.07. The minimum absolute atomic E-state index is 0.342. The second-order valence-corrected chi connectivity index (χ2v) is 7.39. The smallest absolute Gasteiger partial charge is 0.346 e. The average molecular weight is 400 g/mol. The third-order valence-electron chi connectivity index (χ3n) is 5.31. The number of hydrogen-bond donors (Lipinski definition) is 0. The zero-order valence-corrected chi connectivity index (χ0v) is 16.6. The fourth-order valence-corrected chi connectivity index (χ4v) is 4.25. The van der Waals surface area contributed by atoms with E-state index in [1.54, 1.807) is 0 Å². The van der Waals surface area contributed by atoms with E-state index in [4.69, 9.17) is 16.0 Å². The van der Waals surface area contributed by atoms with Gasteiger partial charge in [0.05, 0.1) is 16.5 Å². The number of fused-ring (bicyclic) bond motifs is 3. The number of halogens is 1. The summed E-state index contributed by atoms with van der Waals surface area (Å²) < 4.78 is 7.93. The SMILES string of the molecule is CCn1c2cc(Cl)ccc2c2c(-c3ccccc3)c(-c3ccccc3)c(=O)oc21. The maximum atomic E-state index is 13.2. The van der Waals surface area contributed by atoms with Gasteiger partial charge in [0.25, 0.3) is 0 Å². The summed E-state index contributed by atoms with van der Waals surface area (Å²) in [4.78, 5) is 13.2. The minimum Gasteiger partial charge on any atom is -0.405 e. The molecule has 0 radical (unpaired) electrons. The van der Waals surface area contributed by atoms with Gasteiger partial charge in [-0.05, 0) is 30.2 Å². The second kappa shape index (κ2) is 6.94. The Hall–Kier alpha value is -3.30. The zero-order chi connectivity index (χ0) is 20.0. The third kappa shape index (κ3) is 2.78. The highest BCUT2D eigenvalue weighted by Crippen LogP contribution is 2.41. The van der Waals surface area contributed by atoms with Gasteiger partial charge in [-0.3, -0.25) is 0 Å². The molecule has 0 aliphatic carbocycles. The average Bonchev–Trinajstić information content (AvgIpc) is 3.05. The maximum Gasteiger partial charge on any atom is 0.346 e. The van der Waals surface area contributed by atoms with E-state index in [1.807, 2.05) is 90.4 Å². The van der Waals surface area contributed by atoms with Crippen LogP contribution in [0.3, 0.4) is 0 Å². The molecule has 2 heterocycles. The highest BCUT2D eigenvalue weighted by molar-refractivity contribution is 6.31. The molecule has 2 aromatic heterocycles. The highest BCUT2D eigenvalue weighted by atomic mass is 35.5. The molecular weight excluding hydrogens is 382 g/mol. The number of benzene rings is 3. The van der Waals surface area contributed by atoms with Crippen molar-refractivity contribution < 1.29 is 4.42 Å². The third-order valence-corrected chi connectivity index (χ3v) is 5.55. The maximum absolute atomic E-state index is 13.2. The summed E-state index contributed by atoms with van der Waals surface area (Å²) in [5, 5.41) is 2.61. The molecule has 0 N–H and O–H groups in total. The Kier molecular flexibility index (Phi) is 4.26. The Labute approximate surface area is 172 Å². The van der Waals surface area contributed by atoms with E-state index < -0.39 is 0 Å². The molecule has 0 fully saturated rings. The topological polar surface area (TPSA) is 35.1 Å². The molecule has 3 aromatic carbocycles. The van der Waals surface area contributed by atoms with Crippen LogP contribution in [0.25, 0.3) is 44.3 Å². The molecule has 3 nitrogen and oxygen atoms in total. The van der Waals surface area contributed by atoms with Gasteiger partial charge < -0.3 is 8.98 Å². The van der Waals surface area contributed by atoms with E-state index in [0.717, 1.165) is 33.0 Å². The Morgan fingerprint density at radius 2 is 1.48 bits per heavy atom. The predicted octanol–water partition coefficient (Wildman–Crippen LogP) is 6.76. The monoisotopic (exact) mass is 399 g/mol. The Morgan fingerprint density at radius 1 is 0.862 bits per heavy atom. The molecule has 5 rings (SSSR count). The van der Waals surface area contributed by atoms with Crippen molar-refractivity contribution in [3.05, 3.63) is 94.3 Å². The van der Waals surface area contributed by atoms with Gasteiger partial charge in [-0.1, -0.05) is 78.3 Å². The lowest BCUT2D eigenvalue weighted by atomic mass is 9.93. The molecule has 5 aromatic rings. The van der Waals surface area contributed by atoms with E-state index in [1.165, 1.54) is 0 Å². The van der Waals surface area contributed by atoms with Crippen LogP contribution < -0.4 is 5.63 Å². The van der Waals surface area contributed by atoms with E-state index in [2.05, 4.69) is 0 Å². The van der Waals surface area contributed by atoms with Crippen LogP contribution >= 0.6 is 11.6 Å². The predicted molar refractivity (Wildman–Crippen MR) is 120 cm³/mol. The molecule has 0 unspecified atom stereocenters. The molecule has 0 amide bonds. The Morgan fingerprint density at radius 3 is 2.10 bits per heavy atom. The van der Waals surface area contributed by atoms with Crippen molar-refractivity contribution in [1.82, 2.24) is 4.57 Å². The number of rotatable bonds is 3. The molecule has 0 spiro atoms. The standard InChI is InChI=1S/C25H18ClNO2/c1-2-27-20-15-18(26)13-14-19(20)23-21(16-9-5-3-6-10-16)22(25(28)29-24(23)27)17-11-7-4-8-12-17/h3-15H,2H2,1H3. The Bertz CT molecular complexity index is 1400. The summed E-state index contributed by atoms with van der Waals surface area (Å²) in [6.07, 6.45) is 0. The molecule has 0 bridgehead atoms. The van der Waals surface area contributed by atoms with Crippen molar-refractivity contribution in [2.24, 2.45) is 0 Å². The number of aromatic nitrogens is 1. The van der Waals surface area contributed by atoms with Gasteiger partial charge >= 0.3 is 5.63 Å². The van der Waals surface area contributed by atoms with Gasteiger partial charge in [-0.15, -0.1) is 0 Å². The molecule has 0 saturated heterocycles. The summed E-state index contributed by atoms with van der Waals surface area (Å²) >= 11 is 6.28. The summed E-state index contributed by atoms with van der Waals surface area (Å²) in [5.74, 6) is 0. The van der Waals surface area contributed by atoms with Crippen molar-refractivity contribution in [1.29, 1.82) is 0 Å². The Balaban J connectivity index is 2.06. The van der Waals surface area contributed by atoms with Crippen LogP contribution in [0.2, 0.25) is 5.02 Å². The van der Waals surface area contributed by atoms with Crippen LogP contribution in [-0.2, 0) is 6.54 Å². The van der Waals surface area contributed by atoms with Crippen LogP contribution in [-0.4, -0.2) is 4.57 Å². The van der Waals surface area contributed by atoms with Crippen molar-refractivity contribution in [3.8, 4) is 22.3 Å².